The highest BCUT2D eigenvalue weighted by atomic mass is 79.9. The van der Waals surface area contributed by atoms with Crippen molar-refractivity contribution in [3.63, 3.8) is 0 Å². The highest BCUT2D eigenvalue weighted by Crippen LogP contribution is 2.28. The van der Waals surface area contributed by atoms with Gasteiger partial charge >= 0.3 is 0 Å². The summed E-state index contributed by atoms with van der Waals surface area (Å²) in [6.45, 7) is 4.58. The maximum Gasteiger partial charge on any atom is 0.0506 e. The molecule has 1 aromatic heterocycles. The molecule has 0 saturated heterocycles. The molecule has 0 atom stereocenters. The van der Waals surface area contributed by atoms with Crippen molar-refractivity contribution in [3.05, 3.63) is 46.0 Å². The normalized spacial score (nSPS) is 10.7. The van der Waals surface area contributed by atoms with Crippen molar-refractivity contribution >= 4 is 42.8 Å². The predicted octanol–water partition coefficient (Wildman–Crippen LogP) is 4.35. The molecule has 0 radical (unpaired) electrons. The monoisotopic (exact) mass is 313 g/mol. The fourth-order valence-corrected chi connectivity index (χ4v) is 2.44. The Bertz CT molecular complexity index is 485. The number of fused-ring (bicyclic) bond motifs is 1. The van der Waals surface area contributed by atoms with Gasteiger partial charge in [0.05, 0.1) is 5.52 Å². The molecule has 0 aliphatic heterocycles. The highest BCUT2D eigenvalue weighted by Gasteiger charge is 2.05. The van der Waals surface area contributed by atoms with E-state index in [2.05, 4.69) is 61.3 Å². The first-order valence-corrected chi connectivity index (χ1v) is 5.86. The molecule has 0 N–H and O–H groups in total. The van der Waals surface area contributed by atoms with E-state index in [4.69, 9.17) is 0 Å². The van der Waals surface area contributed by atoms with E-state index in [-0.39, 0.29) is 0 Å². The molecule has 0 amide bonds. The third kappa shape index (κ3) is 1.66. The fraction of sp³-hybridized carbons (Fsp3) is 0.0909. The van der Waals surface area contributed by atoms with Crippen molar-refractivity contribution in [1.29, 1.82) is 0 Å². The third-order valence-electron chi connectivity index (χ3n) is 2.12. The second kappa shape index (κ2) is 3.91. The molecule has 0 aliphatic carbocycles. The minimum Gasteiger partial charge on any atom is -0.342 e. The molecule has 3 heteroatoms. The molecule has 72 valence electrons. The van der Waals surface area contributed by atoms with Gasteiger partial charge in [0.15, 0.2) is 0 Å². The summed E-state index contributed by atoms with van der Waals surface area (Å²) in [5, 5.41) is 1.23. The number of allylic oxidation sites excluding steroid dienone is 1. The Balaban J connectivity index is 2.72. The smallest absolute Gasteiger partial charge is 0.0506 e. The lowest BCUT2D eigenvalue weighted by atomic mass is 10.2. The van der Waals surface area contributed by atoms with Crippen LogP contribution in [0.4, 0.5) is 0 Å². The summed E-state index contributed by atoms with van der Waals surface area (Å²) in [4.78, 5) is 0. The first-order valence-electron chi connectivity index (χ1n) is 4.27. The fourth-order valence-electron chi connectivity index (χ4n) is 1.51. The van der Waals surface area contributed by atoms with E-state index >= 15 is 0 Å². The van der Waals surface area contributed by atoms with Crippen LogP contribution in [0.3, 0.4) is 0 Å². The van der Waals surface area contributed by atoms with Crippen LogP contribution in [0.1, 0.15) is 0 Å². The number of nitrogens with zero attached hydrogens (tertiary/aromatic N) is 1. The summed E-state index contributed by atoms with van der Waals surface area (Å²) in [5.74, 6) is 0. The minimum absolute atomic E-state index is 0.832. The Morgan fingerprint density at radius 3 is 2.86 bits per heavy atom. The molecule has 1 nitrogen and oxygen atoms in total. The summed E-state index contributed by atoms with van der Waals surface area (Å²) in [5.41, 5.74) is 1.21. The van der Waals surface area contributed by atoms with Gasteiger partial charge in [-0.05, 0) is 28.1 Å². The average molecular weight is 315 g/mol. The average Bonchev–Trinajstić information content (AvgIpc) is 2.44. The standard InChI is InChI=1S/C11H9Br2N/c1-2-5-14-7-10(13)9-4-3-8(12)6-11(9)14/h2-4,6-7H,1,5H2. The van der Waals surface area contributed by atoms with Crippen molar-refractivity contribution in [2.24, 2.45) is 0 Å². The van der Waals surface area contributed by atoms with E-state index in [9.17, 15) is 0 Å². The molecule has 1 aromatic carbocycles. The van der Waals surface area contributed by atoms with Gasteiger partial charge in [0.2, 0.25) is 0 Å². The van der Waals surface area contributed by atoms with E-state index in [0.29, 0.717) is 0 Å². The van der Waals surface area contributed by atoms with Crippen molar-refractivity contribution in [2.45, 2.75) is 6.54 Å². The van der Waals surface area contributed by atoms with Crippen LogP contribution in [0.25, 0.3) is 10.9 Å². The van der Waals surface area contributed by atoms with Crippen molar-refractivity contribution in [3.8, 4) is 0 Å². The molecular weight excluding hydrogens is 306 g/mol. The van der Waals surface area contributed by atoms with Gasteiger partial charge in [-0.3, -0.25) is 0 Å². The zero-order valence-corrected chi connectivity index (χ0v) is 10.7. The van der Waals surface area contributed by atoms with Crippen molar-refractivity contribution in [1.82, 2.24) is 4.57 Å². The number of benzene rings is 1. The summed E-state index contributed by atoms with van der Waals surface area (Å²) >= 11 is 7.01. The van der Waals surface area contributed by atoms with Crippen LogP contribution in [0.15, 0.2) is 46.0 Å². The van der Waals surface area contributed by atoms with E-state index in [1.165, 1.54) is 10.9 Å². The molecule has 0 fully saturated rings. The molecule has 2 rings (SSSR count). The molecule has 0 aliphatic rings. The molecule has 0 bridgehead atoms. The van der Waals surface area contributed by atoms with Crippen LogP contribution in [0, 0.1) is 0 Å². The van der Waals surface area contributed by atoms with Gasteiger partial charge in [-0.1, -0.05) is 28.1 Å². The molecule has 2 aromatic rings. The summed E-state index contributed by atoms with van der Waals surface area (Å²) in [6, 6.07) is 6.26. The van der Waals surface area contributed by atoms with Crippen molar-refractivity contribution < 1.29 is 0 Å². The van der Waals surface area contributed by atoms with Crippen molar-refractivity contribution in [2.75, 3.05) is 0 Å². The van der Waals surface area contributed by atoms with Gasteiger partial charge in [0.1, 0.15) is 0 Å². The van der Waals surface area contributed by atoms with Crippen LogP contribution in [0.2, 0.25) is 0 Å². The first kappa shape index (κ1) is 9.99. The number of halogens is 2. The Kier molecular flexibility index (Phi) is 2.79. The van der Waals surface area contributed by atoms with Crippen LogP contribution in [-0.2, 0) is 6.54 Å². The van der Waals surface area contributed by atoms with E-state index < -0.39 is 0 Å². The summed E-state index contributed by atoms with van der Waals surface area (Å²) in [6.07, 6.45) is 3.98. The molecule has 0 unspecified atom stereocenters. The quantitative estimate of drug-likeness (QED) is 0.726. The topological polar surface area (TPSA) is 4.93 Å². The van der Waals surface area contributed by atoms with Crippen LogP contribution < -0.4 is 0 Å². The van der Waals surface area contributed by atoms with Crippen LogP contribution >= 0.6 is 31.9 Å². The van der Waals surface area contributed by atoms with E-state index in [0.717, 1.165) is 15.5 Å². The Morgan fingerprint density at radius 2 is 2.14 bits per heavy atom. The van der Waals surface area contributed by atoms with E-state index in [1.807, 2.05) is 12.1 Å². The molecule has 0 saturated carbocycles. The largest absolute Gasteiger partial charge is 0.342 e. The summed E-state index contributed by atoms with van der Waals surface area (Å²) < 4.78 is 4.39. The first-order chi connectivity index (χ1) is 6.72. The van der Waals surface area contributed by atoms with Gasteiger partial charge in [-0.25, -0.2) is 0 Å². The second-order valence-electron chi connectivity index (χ2n) is 3.08. The SMILES string of the molecule is C=CCn1cc(Br)c2ccc(Br)cc21. The lowest BCUT2D eigenvalue weighted by molar-refractivity contribution is 0.863. The number of aromatic nitrogens is 1. The number of rotatable bonds is 2. The Labute approximate surface area is 99.7 Å². The van der Waals surface area contributed by atoms with E-state index in [1.54, 1.807) is 0 Å². The second-order valence-corrected chi connectivity index (χ2v) is 4.85. The maximum atomic E-state index is 3.75. The zero-order valence-electron chi connectivity index (χ0n) is 7.50. The van der Waals surface area contributed by atoms with Crippen LogP contribution in [-0.4, -0.2) is 4.57 Å². The molecule has 0 spiro atoms. The molecular formula is C11H9Br2N. The molecule has 14 heavy (non-hydrogen) atoms. The van der Waals surface area contributed by atoms with Gasteiger partial charge in [-0.2, -0.15) is 0 Å². The van der Waals surface area contributed by atoms with Gasteiger partial charge in [0.25, 0.3) is 0 Å². The van der Waals surface area contributed by atoms with Crippen LogP contribution in [0.5, 0.6) is 0 Å². The van der Waals surface area contributed by atoms with Gasteiger partial charge in [-0.15, -0.1) is 6.58 Å². The Morgan fingerprint density at radius 1 is 1.36 bits per heavy atom. The van der Waals surface area contributed by atoms with Gasteiger partial charge in [0, 0.05) is 27.1 Å². The maximum absolute atomic E-state index is 3.75. The Hall–Kier alpha value is -0.540. The highest BCUT2D eigenvalue weighted by molar-refractivity contribution is 9.11. The predicted molar refractivity (Wildman–Crippen MR) is 67.5 cm³/mol. The molecule has 1 heterocycles. The summed E-state index contributed by atoms with van der Waals surface area (Å²) in [7, 11) is 0. The number of hydrogen-bond acceptors (Lipinski definition) is 0. The lowest BCUT2D eigenvalue weighted by Gasteiger charge is -2.00. The zero-order chi connectivity index (χ0) is 10.1. The van der Waals surface area contributed by atoms with Gasteiger partial charge < -0.3 is 4.57 Å². The third-order valence-corrected chi connectivity index (χ3v) is 3.25. The minimum atomic E-state index is 0.832. The lowest BCUT2D eigenvalue weighted by Crippen LogP contribution is -1.91. The number of hydrogen-bond donors (Lipinski definition) is 0.